The first-order valence-electron chi connectivity index (χ1n) is 8.08. The molecule has 0 saturated heterocycles. The highest BCUT2D eigenvalue weighted by atomic mass is 35.5. The zero-order valence-corrected chi connectivity index (χ0v) is 15.9. The van der Waals surface area contributed by atoms with Crippen molar-refractivity contribution in [1.82, 2.24) is 15.7 Å². The number of nitrogens with one attached hydrogen (secondary N) is 2. The quantitative estimate of drug-likeness (QED) is 0.378. The number of hydrazone groups is 1. The minimum atomic E-state index is -0.892. The number of benzene rings is 1. The Morgan fingerprint density at radius 1 is 1.11 bits per heavy atom. The van der Waals surface area contributed by atoms with E-state index in [-0.39, 0.29) is 6.54 Å². The number of furan rings is 1. The molecule has 7 nitrogen and oxygen atoms in total. The summed E-state index contributed by atoms with van der Waals surface area (Å²) in [7, 11) is 0. The van der Waals surface area contributed by atoms with E-state index in [0.29, 0.717) is 21.6 Å². The molecule has 0 spiro atoms. The van der Waals surface area contributed by atoms with Crippen LogP contribution in [-0.2, 0) is 16.1 Å². The first kappa shape index (κ1) is 19.6. The number of halogens is 2. The third-order valence-electron chi connectivity index (χ3n) is 3.57. The van der Waals surface area contributed by atoms with E-state index >= 15 is 0 Å². The van der Waals surface area contributed by atoms with Gasteiger partial charge in [-0.15, -0.1) is 0 Å². The van der Waals surface area contributed by atoms with Gasteiger partial charge in [-0.3, -0.25) is 14.6 Å². The number of rotatable bonds is 5. The number of carbonyl (C=O) groups is 2. The lowest BCUT2D eigenvalue weighted by Crippen LogP contribution is -2.37. The summed E-state index contributed by atoms with van der Waals surface area (Å²) in [6.07, 6.45) is 4.50. The number of hydrogen-bond acceptors (Lipinski definition) is 5. The van der Waals surface area contributed by atoms with Crippen molar-refractivity contribution < 1.29 is 14.0 Å². The maximum absolute atomic E-state index is 11.7. The molecule has 1 aromatic carbocycles. The Morgan fingerprint density at radius 2 is 1.96 bits per heavy atom. The van der Waals surface area contributed by atoms with Gasteiger partial charge in [-0.25, -0.2) is 5.43 Å². The molecule has 3 rings (SSSR count). The summed E-state index contributed by atoms with van der Waals surface area (Å²) in [5.41, 5.74) is 3.66. The van der Waals surface area contributed by atoms with Crippen molar-refractivity contribution in [3.05, 3.63) is 76.2 Å². The van der Waals surface area contributed by atoms with Crippen LogP contribution in [0, 0.1) is 0 Å². The topological polar surface area (TPSA) is 96.6 Å². The molecular formula is C19H14Cl2N4O3. The molecular weight excluding hydrogens is 403 g/mol. The molecule has 9 heteroatoms. The molecule has 2 aromatic heterocycles. The van der Waals surface area contributed by atoms with Crippen molar-refractivity contribution in [2.75, 3.05) is 0 Å². The average Bonchev–Trinajstić information content (AvgIpc) is 3.18. The van der Waals surface area contributed by atoms with Crippen molar-refractivity contribution in [2.24, 2.45) is 5.10 Å². The van der Waals surface area contributed by atoms with E-state index in [1.54, 1.807) is 54.9 Å². The number of carbonyl (C=O) groups excluding carboxylic acids is 2. The smallest absolute Gasteiger partial charge is 0.329 e. The van der Waals surface area contributed by atoms with Crippen LogP contribution in [0.4, 0.5) is 0 Å². The molecule has 0 bridgehead atoms. The van der Waals surface area contributed by atoms with Crippen molar-refractivity contribution in [3.63, 3.8) is 0 Å². The van der Waals surface area contributed by atoms with Crippen LogP contribution in [0.25, 0.3) is 11.3 Å². The second-order valence-electron chi connectivity index (χ2n) is 5.57. The monoisotopic (exact) mass is 416 g/mol. The van der Waals surface area contributed by atoms with Crippen molar-refractivity contribution in [1.29, 1.82) is 0 Å². The lowest BCUT2D eigenvalue weighted by Gasteiger charge is -2.03. The standard InChI is InChI=1S/C19H14Cl2N4O3/c20-15-5-3-13(8-16(15)21)17-6-4-14(28-17)11-24-25-19(27)18(26)23-10-12-2-1-7-22-9-12/h1-9,11H,10H2,(H,23,26)(H,25,27)/b24-11+. The fourth-order valence-corrected chi connectivity index (χ4v) is 2.50. The highest BCUT2D eigenvalue weighted by Crippen LogP contribution is 2.29. The number of hydrogen-bond donors (Lipinski definition) is 2. The number of amides is 2. The van der Waals surface area contributed by atoms with Crippen LogP contribution >= 0.6 is 23.2 Å². The van der Waals surface area contributed by atoms with Crippen molar-refractivity contribution in [3.8, 4) is 11.3 Å². The van der Waals surface area contributed by atoms with Gasteiger partial charge in [0.25, 0.3) is 0 Å². The van der Waals surface area contributed by atoms with Gasteiger partial charge >= 0.3 is 11.8 Å². The fourth-order valence-electron chi connectivity index (χ4n) is 2.20. The summed E-state index contributed by atoms with van der Waals surface area (Å²) in [6.45, 7) is 0.189. The lowest BCUT2D eigenvalue weighted by atomic mass is 10.2. The van der Waals surface area contributed by atoms with E-state index in [2.05, 4.69) is 20.8 Å². The summed E-state index contributed by atoms with van der Waals surface area (Å²) in [6, 6.07) is 12.0. The van der Waals surface area contributed by atoms with E-state index in [1.807, 2.05) is 0 Å². The zero-order chi connectivity index (χ0) is 19.9. The Kier molecular flexibility index (Phi) is 6.41. The molecule has 0 aliphatic heterocycles. The third-order valence-corrected chi connectivity index (χ3v) is 4.31. The predicted octanol–water partition coefficient (Wildman–Crippen LogP) is 3.41. The molecule has 0 fully saturated rings. The van der Waals surface area contributed by atoms with Crippen LogP contribution in [0.3, 0.4) is 0 Å². The molecule has 2 amide bonds. The maximum atomic E-state index is 11.7. The maximum Gasteiger partial charge on any atom is 0.329 e. The van der Waals surface area contributed by atoms with Gasteiger partial charge in [0.05, 0.1) is 16.3 Å². The number of aromatic nitrogens is 1. The fraction of sp³-hybridized carbons (Fsp3) is 0.0526. The predicted molar refractivity (Wildman–Crippen MR) is 106 cm³/mol. The molecule has 28 heavy (non-hydrogen) atoms. The van der Waals surface area contributed by atoms with Gasteiger partial charge in [0.2, 0.25) is 0 Å². The van der Waals surface area contributed by atoms with Gasteiger partial charge in [0, 0.05) is 24.5 Å². The Hall–Kier alpha value is -3.16. The molecule has 2 heterocycles. The first-order chi connectivity index (χ1) is 13.5. The van der Waals surface area contributed by atoms with E-state index in [9.17, 15) is 9.59 Å². The Morgan fingerprint density at radius 3 is 2.71 bits per heavy atom. The van der Waals surface area contributed by atoms with Crippen LogP contribution in [-0.4, -0.2) is 23.0 Å². The molecule has 142 valence electrons. The normalized spacial score (nSPS) is 10.8. The Balaban J connectivity index is 1.53. The highest BCUT2D eigenvalue weighted by molar-refractivity contribution is 6.42. The second kappa shape index (κ2) is 9.16. The van der Waals surface area contributed by atoms with Gasteiger partial charge in [0.15, 0.2) is 0 Å². The number of nitrogens with zero attached hydrogens (tertiary/aromatic N) is 2. The Bertz CT molecular complexity index is 1020. The lowest BCUT2D eigenvalue weighted by molar-refractivity contribution is -0.139. The van der Waals surface area contributed by atoms with Crippen LogP contribution < -0.4 is 10.7 Å². The molecule has 0 saturated carbocycles. The molecule has 3 aromatic rings. The largest absolute Gasteiger partial charge is 0.455 e. The minimum absolute atomic E-state index is 0.189. The summed E-state index contributed by atoms with van der Waals surface area (Å²) in [5.74, 6) is -0.758. The molecule has 0 radical (unpaired) electrons. The molecule has 0 aliphatic rings. The van der Waals surface area contributed by atoms with E-state index in [1.165, 1.54) is 6.21 Å². The zero-order valence-electron chi connectivity index (χ0n) is 14.4. The van der Waals surface area contributed by atoms with E-state index in [0.717, 1.165) is 11.1 Å². The minimum Gasteiger partial charge on any atom is -0.455 e. The Labute approximate surface area is 170 Å². The van der Waals surface area contributed by atoms with Crippen LogP contribution in [0.1, 0.15) is 11.3 Å². The molecule has 0 unspecified atom stereocenters. The van der Waals surface area contributed by atoms with Gasteiger partial charge < -0.3 is 9.73 Å². The molecule has 0 atom stereocenters. The molecule has 0 aliphatic carbocycles. The summed E-state index contributed by atoms with van der Waals surface area (Å²) < 4.78 is 5.60. The third kappa shape index (κ3) is 5.18. The van der Waals surface area contributed by atoms with Crippen LogP contribution in [0.2, 0.25) is 10.0 Å². The van der Waals surface area contributed by atoms with Crippen molar-refractivity contribution in [2.45, 2.75) is 6.54 Å². The van der Waals surface area contributed by atoms with Crippen LogP contribution in [0.5, 0.6) is 0 Å². The van der Waals surface area contributed by atoms with Crippen LogP contribution in [0.15, 0.2) is 64.4 Å². The van der Waals surface area contributed by atoms with Gasteiger partial charge in [0.1, 0.15) is 11.5 Å². The van der Waals surface area contributed by atoms with E-state index in [4.69, 9.17) is 27.6 Å². The summed E-state index contributed by atoms with van der Waals surface area (Å²) in [5, 5.41) is 7.05. The second-order valence-corrected chi connectivity index (χ2v) is 6.39. The van der Waals surface area contributed by atoms with Gasteiger partial charge in [-0.05, 0) is 42.0 Å². The summed E-state index contributed by atoms with van der Waals surface area (Å²) >= 11 is 11.9. The first-order valence-corrected chi connectivity index (χ1v) is 8.84. The SMILES string of the molecule is O=C(NCc1cccnc1)C(=O)N/N=C/c1ccc(-c2ccc(Cl)c(Cl)c2)o1. The van der Waals surface area contributed by atoms with Gasteiger partial charge in [-0.1, -0.05) is 29.3 Å². The van der Waals surface area contributed by atoms with Crippen molar-refractivity contribution >= 4 is 41.2 Å². The average molecular weight is 417 g/mol. The highest BCUT2D eigenvalue weighted by Gasteiger charge is 2.12. The summed E-state index contributed by atoms with van der Waals surface area (Å²) in [4.78, 5) is 27.4. The van der Waals surface area contributed by atoms with Gasteiger partial charge in [-0.2, -0.15) is 5.10 Å². The molecule has 2 N–H and O–H groups in total. The number of pyridine rings is 1. The van der Waals surface area contributed by atoms with E-state index < -0.39 is 11.8 Å².